The lowest BCUT2D eigenvalue weighted by atomic mass is 10.1. The Balaban J connectivity index is 0.967. The first-order valence-electron chi connectivity index (χ1n) is 17.9. The van der Waals surface area contributed by atoms with Crippen LogP contribution in [0, 0.1) is 13.8 Å². The number of H-pyrrole nitrogens is 2. The molecule has 0 spiro atoms. The van der Waals surface area contributed by atoms with Gasteiger partial charge in [-0.3, -0.25) is 38.3 Å². The van der Waals surface area contributed by atoms with E-state index < -0.39 is 47.1 Å². The summed E-state index contributed by atoms with van der Waals surface area (Å²) in [5, 5.41) is 3.74. The standard InChI is InChI=1S/C34H49N7O10/c1-22-18-40(33(46)36-31(22)44)27-16-15-24(50-27)20-48-29(42)13-11-9-7-5-3-4-6-8-10-12-14-30(43)49-21-26-25(38-39-35)17-28(51-26)41-19-23(2)32(45)37-34(41)47/h18-19,24-28H,3-17,20-21H2,1-2H3,(H,36,44,46)(H,37,45,47)/t24-,25+,26-,27+,28-/m1/s1. The number of azide groups is 1. The van der Waals surface area contributed by atoms with E-state index in [1.54, 1.807) is 13.8 Å². The van der Waals surface area contributed by atoms with Crippen molar-refractivity contribution >= 4 is 11.9 Å². The van der Waals surface area contributed by atoms with Crippen molar-refractivity contribution in [2.45, 2.75) is 141 Å². The zero-order chi connectivity index (χ0) is 36.8. The number of hydrogen-bond acceptors (Lipinski definition) is 11. The number of carbonyl (C=O) groups excluding carboxylic acids is 2. The van der Waals surface area contributed by atoms with Gasteiger partial charge in [-0.05, 0) is 45.1 Å². The van der Waals surface area contributed by atoms with E-state index >= 15 is 0 Å². The lowest BCUT2D eigenvalue weighted by molar-refractivity contribution is -0.149. The molecule has 2 fully saturated rings. The Bertz CT molecular complexity index is 1760. The Kier molecular flexibility index (Phi) is 15.3. The van der Waals surface area contributed by atoms with Gasteiger partial charge in [0.15, 0.2) is 0 Å². The molecule has 0 radical (unpaired) electrons. The monoisotopic (exact) mass is 715 g/mol. The third-order valence-electron chi connectivity index (χ3n) is 9.25. The van der Waals surface area contributed by atoms with E-state index in [1.165, 1.54) is 21.5 Å². The molecular formula is C34H49N7O10. The smallest absolute Gasteiger partial charge is 0.330 e. The molecule has 51 heavy (non-hydrogen) atoms. The van der Waals surface area contributed by atoms with Crippen LogP contribution in [0.5, 0.6) is 0 Å². The summed E-state index contributed by atoms with van der Waals surface area (Å²) in [6.45, 7) is 3.24. The number of carbonyl (C=O) groups is 2. The Morgan fingerprint density at radius 2 is 1.25 bits per heavy atom. The van der Waals surface area contributed by atoms with Crippen LogP contribution in [0.2, 0.25) is 0 Å². The van der Waals surface area contributed by atoms with Crippen LogP contribution in [0.15, 0.2) is 36.7 Å². The molecule has 0 bridgehead atoms. The fraction of sp³-hybridized carbons (Fsp3) is 0.706. The molecule has 280 valence electrons. The summed E-state index contributed by atoms with van der Waals surface area (Å²) in [5.41, 5.74) is 7.66. The van der Waals surface area contributed by atoms with Gasteiger partial charge < -0.3 is 18.9 Å². The highest BCUT2D eigenvalue weighted by molar-refractivity contribution is 5.69. The lowest BCUT2D eigenvalue weighted by Gasteiger charge is -2.17. The van der Waals surface area contributed by atoms with E-state index in [1.807, 2.05) is 0 Å². The largest absolute Gasteiger partial charge is 0.463 e. The van der Waals surface area contributed by atoms with E-state index in [0.29, 0.717) is 36.8 Å². The first-order chi connectivity index (χ1) is 24.5. The van der Waals surface area contributed by atoms with Gasteiger partial charge in [-0.2, -0.15) is 0 Å². The van der Waals surface area contributed by atoms with Crippen molar-refractivity contribution in [3.63, 3.8) is 0 Å². The van der Waals surface area contributed by atoms with Crippen LogP contribution in [0.1, 0.15) is 120 Å². The van der Waals surface area contributed by atoms with Gasteiger partial charge in [0.25, 0.3) is 11.1 Å². The van der Waals surface area contributed by atoms with Crippen LogP contribution in [0.3, 0.4) is 0 Å². The van der Waals surface area contributed by atoms with E-state index in [-0.39, 0.29) is 44.1 Å². The molecule has 5 atom stereocenters. The predicted molar refractivity (Wildman–Crippen MR) is 184 cm³/mol. The fourth-order valence-corrected chi connectivity index (χ4v) is 6.30. The molecule has 0 amide bonds. The number of rotatable bonds is 20. The van der Waals surface area contributed by atoms with Gasteiger partial charge in [0.05, 0.1) is 12.1 Å². The normalized spacial score (nSPS) is 21.3. The van der Waals surface area contributed by atoms with Gasteiger partial charge in [-0.1, -0.05) is 56.5 Å². The maximum atomic E-state index is 12.3. The minimum Gasteiger partial charge on any atom is -0.463 e. The van der Waals surface area contributed by atoms with Gasteiger partial charge in [0.1, 0.15) is 31.8 Å². The highest BCUT2D eigenvalue weighted by Gasteiger charge is 2.37. The number of unbranched alkanes of at least 4 members (excludes halogenated alkanes) is 9. The lowest BCUT2D eigenvalue weighted by Crippen LogP contribution is -2.33. The van der Waals surface area contributed by atoms with Crippen molar-refractivity contribution < 1.29 is 28.5 Å². The van der Waals surface area contributed by atoms with Crippen LogP contribution in [-0.4, -0.2) is 62.5 Å². The molecule has 2 aromatic rings. The second-order valence-electron chi connectivity index (χ2n) is 13.3. The molecule has 0 unspecified atom stereocenters. The molecule has 4 heterocycles. The molecule has 0 aromatic carbocycles. The molecule has 2 aliphatic rings. The summed E-state index contributed by atoms with van der Waals surface area (Å²) in [4.78, 5) is 79.4. The number of nitrogens with zero attached hydrogens (tertiary/aromatic N) is 5. The predicted octanol–water partition coefficient (Wildman–Crippen LogP) is 4.12. The van der Waals surface area contributed by atoms with Gasteiger partial charge in [0, 0.05) is 47.7 Å². The molecule has 17 nitrogen and oxygen atoms in total. The van der Waals surface area contributed by atoms with Gasteiger partial charge in [0.2, 0.25) is 0 Å². The van der Waals surface area contributed by atoms with Crippen LogP contribution in [0.25, 0.3) is 10.4 Å². The van der Waals surface area contributed by atoms with E-state index in [2.05, 4.69) is 20.0 Å². The quantitative estimate of drug-likeness (QED) is 0.0655. The molecule has 2 saturated heterocycles. The maximum absolute atomic E-state index is 12.3. The highest BCUT2D eigenvalue weighted by Crippen LogP contribution is 2.31. The number of ether oxygens (including phenoxy) is 4. The van der Waals surface area contributed by atoms with Crippen LogP contribution >= 0.6 is 0 Å². The summed E-state index contributed by atoms with van der Waals surface area (Å²) < 4.78 is 25.1. The summed E-state index contributed by atoms with van der Waals surface area (Å²) in [7, 11) is 0. The average molecular weight is 716 g/mol. The molecule has 0 aliphatic carbocycles. The molecule has 2 aromatic heterocycles. The van der Waals surface area contributed by atoms with Crippen LogP contribution in [0.4, 0.5) is 0 Å². The second-order valence-corrected chi connectivity index (χ2v) is 13.3. The van der Waals surface area contributed by atoms with Crippen molar-refractivity contribution in [2.24, 2.45) is 5.11 Å². The minimum absolute atomic E-state index is 0.0994. The number of nitrogens with one attached hydrogen (secondary N) is 2. The Morgan fingerprint density at radius 3 is 1.78 bits per heavy atom. The Morgan fingerprint density at radius 1 is 0.765 bits per heavy atom. The third-order valence-corrected chi connectivity index (χ3v) is 9.25. The van der Waals surface area contributed by atoms with Crippen molar-refractivity contribution in [1.82, 2.24) is 19.1 Å². The number of esters is 2. The summed E-state index contributed by atoms with van der Waals surface area (Å²) in [6, 6.07) is -0.628. The Labute approximate surface area is 294 Å². The van der Waals surface area contributed by atoms with E-state index in [9.17, 15) is 28.8 Å². The first kappa shape index (κ1) is 39.3. The Hall–Kier alpha value is -4.47. The number of aromatic nitrogens is 4. The number of hydrogen-bond donors (Lipinski definition) is 2. The topological polar surface area (TPSA) is 230 Å². The van der Waals surface area contributed by atoms with E-state index in [4.69, 9.17) is 24.5 Å². The van der Waals surface area contributed by atoms with Crippen molar-refractivity contribution in [2.75, 3.05) is 13.2 Å². The van der Waals surface area contributed by atoms with Crippen molar-refractivity contribution in [1.29, 1.82) is 0 Å². The second kappa shape index (κ2) is 19.8. The average Bonchev–Trinajstić information content (AvgIpc) is 3.74. The van der Waals surface area contributed by atoms with Gasteiger partial charge >= 0.3 is 23.3 Å². The molecule has 0 saturated carbocycles. The first-order valence-corrected chi connectivity index (χ1v) is 17.9. The van der Waals surface area contributed by atoms with Gasteiger partial charge in [-0.25, -0.2) is 9.59 Å². The summed E-state index contributed by atoms with van der Waals surface area (Å²) in [5.74, 6) is -0.615. The SMILES string of the molecule is Cc1cn([C@@H]2CC[C@H](COC(=O)CCCCCCCCCCCCC(=O)OC[C@H]3O[C@@H](n4cc(C)c(=O)[nH]c4=O)C[C@@H]3N=[N+]=[N-])O2)c(=O)[nH]c1=O. The van der Waals surface area contributed by atoms with E-state index in [0.717, 1.165) is 57.8 Å². The molecule has 2 aliphatic heterocycles. The number of aromatic amines is 2. The molecule has 2 N–H and O–H groups in total. The van der Waals surface area contributed by atoms with Crippen molar-refractivity contribution in [3.8, 4) is 0 Å². The maximum Gasteiger partial charge on any atom is 0.330 e. The summed E-state index contributed by atoms with van der Waals surface area (Å²) in [6.07, 6.45) is 12.5. The number of aryl methyl sites for hydroxylation is 2. The fourth-order valence-electron chi connectivity index (χ4n) is 6.30. The highest BCUT2D eigenvalue weighted by atomic mass is 16.6. The van der Waals surface area contributed by atoms with Crippen LogP contribution in [-0.2, 0) is 28.5 Å². The molecule has 17 heteroatoms. The molecule has 4 rings (SSSR count). The third kappa shape index (κ3) is 12.1. The summed E-state index contributed by atoms with van der Waals surface area (Å²) >= 11 is 0. The van der Waals surface area contributed by atoms with Gasteiger partial charge in [-0.15, -0.1) is 0 Å². The minimum atomic E-state index is -0.758. The van der Waals surface area contributed by atoms with Crippen LogP contribution < -0.4 is 22.5 Å². The molecular weight excluding hydrogens is 666 g/mol. The zero-order valence-electron chi connectivity index (χ0n) is 29.4. The van der Waals surface area contributed by atoms with Crippen molar-refractivity contribution in [3.05, 3.63) is 75.6 Å². The zero-order valence-corrected chi connectivity index (χ0v) is 29.4.